The van der Waals surface area contributed by atoms with Crippen molar-refractivity contribution in [1.29, 1.82) is 0 Å². The normalized spacial score (nSPS) is 13.2. The Balaban J connectivity index is 0.000000178. The van der Waals surface area contributed by atoms with E-state index < -0.39 is 30.9 Å². The Labute approximate surface area is 486 Å². The van der Waals surface area contributed by atoms with E-state index in [9.17, 15) is 28.3 Å². The Morgan fingerprint density at radius 2 is 0.817 bits per heavy atom. The lowest BCUT2D eigenvalue weighted by molar-refractivity contribution is 0.0666. The molecule has 0 aromatic heterocycles. The molecule has 1 saturated heterocycles. The first-order valence-electron chi connectivity index (χ1n) is 28.0. The van der Waals surface area contributed by atoms with Crippen molar-refractivity contribution in [2.24, 2.45) is 0 Å². The molecule has 1 atom stereocenters. The molecular formula is C71H78N2O7P2. The summed E-state index contributed by atoms with van der Waals surface area (Å²) in [6.07, 6.45) is 1.47. The topological polar surface area (TPSA) is 118 Å². The number of morpholine rings is 1. The molecular weight excluding hydrogens is 1050 g/mol. The molecule has 1 aliphatic heterocycles. The molecule has 1 heterocycles. The number of nitrogens with zero attached hydrogens (tertiary/aromatic N) is 2. The maximum Gasteiger partial charge on any atom is 0.248 e. The van der Waals surface area contributed by atoms with E-state index in [1.807, 2.05) is 180 Å². The Morgan fingerprint density at radius 3 is 1.17 bits per heavy atom. The Morgan fingerprint density at radius 1 is 0.476 bits per heavy atom. The van der Waals surface area contributed by atoms with Crippen molar-refractivity contribution >= 4 is 58.2 Å². The molecule has 8 aromatic carbocycles. The summed E-state index contributed by atoms with van der Waals surface area (Å²) in [5.41, 5.74) is 10.3. The van der Waals surface area contributed by atoms with E-state index in [4.69, 9.17) is 4.74 Å². The summed E-state index contributed by atoms with van der Waals surface area (Å²) in [4.78, 5) is 59.2. The van der Waals surface area contributed by atoms with Gasteiger partial charge in [0.25, 0.3) is 0 Å². The fraction of sp³-hybridized carbons (Fsp3) is 0.268. The summed E-state index contributed by atoms with van der Waals surface area (Å²) >= 11 is 0. The van der Waals surface area contributed by atoms with E-state index in [0.29, 0.717) is 33.7 Å². The standard InChI is InChI=1S/C26H27O3P.C23H30N2O2.C22H21O2P/c1-16-12-18(3)23(19(4)13-16)25(27)30(29,22-10-8-7-9-11-22)26(28)24-20(5)14-17(2)15-21(24)6;1-4-23(24(2)3,18-19-8-6-5-7-9-19)22(26)20-10-12-21(13-11-20)25-14-16-27-17-15-25;1-16-14-17(2)21(18(3)15-16)22(23)25(24,19-10-6-4-7-11-19)20-12-8-5-9-13-20/h7-15H,1-6H3;5-13H,4,14-18H2,1-3H3;4-15H,1-3H3. The van der Waals surface area contributed by atoms with Gasteiger partial charge in [0.05, 0.1) is 18.8 Å². The first kappa shape index (κ1) is 62.2. The molecule has 82 heavy (non-hydrogen) atoms. The zero-order valence-electron chi connectivity index (χ0n) is 49.7. The van der Waals surface area contributed by atoms with Gasteiger partial charge >= 0.3 is 0 Å². The average molecular weight is 1130 g/mol. The van der Waals surface area contributed by atoms with Crippen LogP contribution in [0.2, 0.25) is 0 Å². The van der Waals surface area contributed by atoms with Crippen LogP contribution >= 0.6 is 14.3 Å². The highest BCUT2D eigenvalue weighted by molar-refractivity contribution is 8.01. The third-order valence-corrected chi connectivity index (χ3v) is 21.1. The van der Waals surface area contributed by atoms with Crippen LogP contribution in [-0.2, 0) is 20.3 Å². The van der Waals surface area contributed by atoms with Crippen LogP contribution in [0.4, 0.5) is 5.69 Å². The largest absolute Gasteiger partial charge is 0.378 e. The summed E-state index contributed by atoms with van der Waals surface area (Å²) in [6, 6.07) is 56.5. The van der Waals surface area contributed by atoms with Crippen molar-refractivity contribution in [3.63, 3.8) is 0 Å². The minimum atomic E-state index is -4.11. The van der Waals surface area contributed by atoms with Crippen LogP contribution in [0.25, 0.3) is 0 Å². The number of ether oxygens (including phenoxy) is 1. The average Bonchev–Trinajstić information content (AvgIpc) is 3.57. The van der Waals surface area contributed by atoms with Gasteiger partial charge in [-0.3, -0.25) is 24.1 Å². The van der Waals surface area contributed by atoms with Gasteiger partial charge in [-0.15, -0.1) is 0 Å². The van der Waals surface area contributed by atoms with Gasteiger partial charge in [0.2, 0.25) is 30.9 Å². The van der Waals surface area contributed by atoms with Crippen LogP contribution in [0.1, 0.15) is 110 Å². The molecule has 424 valence electrons. The van der Waals surface area contributed by atoms with Crippen molar-refractivity contribution in [3.8, 4) is 0 Å². The predicted octanol–water partition coefficient (Wildman–Crippen LogP) is 14.6. The van der Waals surface area contributed by atoms with Crippen molar-refractivity contribution in [2.75, 3.05) is 45.3 Å². The summed E-state index contributed by atoms with van der Waals surface area (Å²) in [5.74, 6) is 0.187. The van der Waals surface area contributed by atoms with E-state index >= 15 is 0 Å². The number of anilines is 1. The van der Waals surface area contributed by atoms with Gasteiger partial charge < -0.3 is 18.8 Å². The molecule has 0 aliphatic carbocycles. The third-order valence-electron chi connectivity index (χ3n) is 15.6. The van der Waals surface area contributed by atoms with E-state index in [-0.39, 0.29) is 16.6 Å². The smallest absolute Gasteiger partial charge is 0.248 e. The highest BCUT2D eigenvalue weighted by Gasteiger charge is 2.45. The molecule has 1 unspecified atom stereocenters. The molecule has 0 N–H and O–H groups in total. The molecule has 0 spiro atoms. The molecule has 9 rings (SSSR count). The van der Waals surface area contributed by atoms with Gasteiger partial charge in [-0.2, -0.15) is 0 Å². The van der Waals surface area contributed by atoms with E-state index in [0.717, 1.165) is 94.0 Å². The molecule has 0 saturated carbocycles. The number of Topliss-reactive ketones (excluding diaryl/α,β-unsaturated/α-hetero) is 1. The number of hydrogen-bond acceptors (Lipinski definition) is 9. The van der Waals surface area contributed by atoms with Gasteiger partial charge in [-0.25, -0.2) is 0 Å². The fourth-order valence-corrected chi connectivity index (χ4v) is 16.7. The number of carbonyl (C=O) groups is 4. The maximum absolute atomic E-state index is 14.5. The molecule has 9 nitrogen and oxygen atoms in total. The fourth-order valence-electron chi connectivity index (χ4n) is 11.5. The van der Waals surface area contributed by atoms with Crippen molar-refractivity contribution in [1.82, 2.24) is 4.90 Å². The first-order valence-corrected chi connectivity index (χ1v) is 31.4. The quantitative estimate of drug-likeness (QED) is 0.0688. The SMILES string of the molecule is CCC(Cc1ccccc1)(C(=O)c1ccc(N2CCOCC2)cc1)N(C)C.Cc1cc(C)c(C(=O)P(=O)(C(=O)c2c(C)cc(C)cc2C)c2ccccc2)c(C)c1.Cc1cc(C)c(C(=O)P(=O)(c2ccccc2)c2ccccc2)c(C)c1. The van der Waals surface area contributed by atoms with Crippen LogP contribution < -0.4 is 20.8 Å². The van der Waals surface area contributed by atoms with Crippen LogP contribution in [-0.4, -0.2) is 73.2 Å². The number of aryl methyl sites for hydroxylation is 9. The molecule has 1 fully saturated rings. The minimum absolute atomic E-state index is 0.187. The number of likely N-dealkylation sites (N-methyl/N-ethyl adjacent to an activating group) is 1. The second-order valence-corrected chi connectivity index (χ2v) is 27.1. The molecule has 0 amide bonds. The number of ketones is 1. The summed E-state index contributed by atoms with van der Waals surface area (Å²) < 4.78 is 34.1. The van der Waals surface area contributed by atoms with Crippen LogP contribution in [0, 0.1) is 62.3 Å². The Hall–Kier alpha value is -7.38. The lowest BCUT2D eigenvalue weighted by Crippen LogP contribution is -2.52. The highest BCUT2D eigenvalue weighted by atomic mass is 31.2. The maximum atomic E-state index is 14.5. The van der Waals surface area contributed by atoms with Crippen LogP contribution in [0.3, 0.4) is 0 Å². The van der Waals surface area contributed by atoms with E-state index in [1.54, 1.807) is 54.6 Å². The monoisotopic (exact) mass is 1130 g/mol. The summed E-state index contributed by atoms with van der Waals surface area (Å²) in [7, 11) is -3.55. The van der Waals surface area contributed by atoms with Crippen molar-refractivity contribution < 1.29 is 33.0 Å². The van der Waals surface area contributed by atoms with Crippen LogP contribution in [0.15, 0.2) is 182 Å². The zero-order valence-corrected chi connectivity index (χ0v) is 51.5. The van der Waals surface area contributed by atoms with E-state index in [2.05, 4.69) is 41.0 Å². The van der Waals surface area contributed by atoms with Gasteiger partial charge in [0.1, 0.15) is 0 Å². The first-order chi connectivity index (χ1) is 39.1. The van der Waals surface area contributed by atoms with Crippen LogP contribution in [0.5, 0.6) is 0 Å². The molecule has 8 aromatic rings. The third kappa shape index (κ3) is 13.4. The highest BCUT2D eigenvalue weighted by Crippen LogP contribution is 2.53. The number of benzene rings is 8. The summed E-state index contributed by atoms with van der Waals surface area (Å²) in [6.45, 7) is 22.5. The lowest BCUT2D eigenvalue weighted by atomic mass is 9.80. The van der Waals surface area contributed by atoms with Gasteiger partial charge in [0.15, 0.2) is 5.78 Å². The van der Waals surface area contributed by atoms with Crippen molar-refractivity contribution in [2.45, 2.75) is 87.6 Å². The number of rotatable bonds is 16. The minimum Gasteiger partial charge on any atom is -0.378 e. The van der Waals surface area contributed by atoms with Gasteiger partial charge in [-0.05, 0) is 152 Å². The molecule has 0 bridgehead atoms. The molecule has 11 heteroatoms. The molecule has 0 radical (unpaired) electrons. The van der Waals surface area contributed by atoms with E-state index in [1.165, 1.54) is 5.56 Å². The Kier molecular flexibility index (Phi) is 20.6. The number of carbonyl (C=O) groups excluding carboxylic acids is 4. The second-order valence-electron chi connectivity index (χ2n) is 21.9. The zero-order chi connectivity index (χ0) is 59.5. The number of hydrogen-bond donors (Lipinski definition) is 0. The summed E-state index contributed by atoms with van der Waals surface area (Å²) in [5, 5.41) is 1.43. The van der Waals surface area contributed by atoms with Gasteiger partial charge in [-0.1, -0.05) is 181 Å². The lowest BCUT2D eigenvalue weighted by Gasteiger charge is -2.38. The van der Waals surface area contributed by atoms with Gasteiger partial charge in [0, 0.05) is 56.9 Å². The second kappa shape index (κ2) is 27.1. The Bertz CT molecular complexity index is 3480. The van der Waals surface area contributed by atoms with Crippen molar-refractivity contribution in [3.05, 3.63) is 260 Å². The molecule has 1 aliphatic rings. The predicted molar refractivity (Wildman–Crippen MR) is 339 cm³/mol.